The van der Waals surface area contributed by atoms with Crippen molar-refractivity contribution < 1.29 is 0 Å². The Kier molecular flexibility index (Phi) is 6.31. The molecule has 0 saturated carbocycles. The van der Waals surface area contributed by atoms with E-state index in [1.54, 1.807) is 4.57 Å². The second-order valence-electron chi connectivity index (χ2n) is 8.30. The SMILES string of the molecule is CC(C)C(NCC(C)(C)N)c1nc2nc(Cl)cnc2c(=O)n1Cc1ccccc1. The minimum Gasteiger partial charge on any atom is -0.324 e. The van der Waals surface area contributed by atoms with Gasteiger partial charge in [0.05, 0.1) is 18.8 Å². The topological polar surface area (TPSA) is 98.7 Å². The fourth-order valence-corrected chi connectivity index (χ4v) is 3.27. The van der Waals surface area contributed by atoms with Crippen LogP contribution in [-0.4, -0.2) is 31.6 Å². The third-order valence-corrected chi connectivity index (χ3v) is 4.76. The summed E-state index contributed by atoms with van der Waals surface area (Å²) in [5, 5.41) is 3.68. The number of benzene rings is 1. The van der Waals surface area contributed by atoms with Crippen LogP contribution in [-0.2, 0) is 6.54 Å². The molecule has 1 aromatic carbocycles. The average Bonchev–Trinajstić information content (AvgIpc) is 2.64. The lowest BCUT2D eigenvalue weighted by molar-refractivity contribution is 0.341. The van der Waals surface area contributed by atoms with Crippen molar-refractivity contribution in [3.05, 3.63) is 63.4 Å². The summed E-state index contributed by atoms with van der Waals surface area (Å²) < 4.78 is 1.67. The minimum absolute atomic E-state index is 0.163. The monoisotopic (exact) mass is 414 g/mol. The Hall–Kier alpha value is -2.35. The van der Waals surface area contributed by atoms with Gasteiger partial charge in [-0.1, -0.05) is 55.8 Å². The Bertz CT molecular complexity index is 1040. The Morgan fingerprint density at radius 1 is 1.21 bits per heavy atom. The first kappa shape index (κ1) is 21.4. The lowest BCUT2D eigenvalue weighted by Gasteiger charge is -2.28. The predicted octanol–water partition coefficient (Wildman–Crippen LogP) is 2.91. The van der Waals surface area contributed by atoms with Crippen molar-refractivity contribution in [1.29, 1.82) is 0 Å². The van der Waals surface area contributed by atoms with Crippen LogP contribution in [0.15, 0.2) is 41.3 Å². The quantitative estimate of drug-likeness (QED) is 0.616. The van der Waals surface area contributed by atoms with E-state index >= 15 is 0 Å². The molecule has 1 unspecified atom stereocenters. The van der Waals surface area contributed by atoms with E-state index in [4.69, 9.17) is 22.3 Å². The molecule has 0 spiro atoms. The molecule has 7 nitrogen and oxygen atoms in total. The normalized spacial score (nSPS) is 13.2. The zero-order valence-electron chi connectivity index (χ0n) is 17.2. The van der Waals surface area contributed by atoms with Crippen molar-refractivity contribution in [2.24, 2.45) is 11.7 Å². The van der Waals surface area contributed by atoms with Gasteiger partial charge in [-0.2, -0.15) is 0 Å². The number of fused-ring (bicyclic) bond motifs is 1. The smallest absolute Gasteiger partial charge is 0.282 e. The Balaban J connectivity index is 2.18. The molecule has 0 amide bonds. The molecule has 0 fully saturated rings. The zero-order valence-corrected chi connectivity index (χ0v) is 17.9. The summed E-state index contributed by atoms with van der Waals surface area (Å²) in [6.07, 6.45) is 1.37. The molecule has 0 radical (unpaired) electrons. The maximum absolute atomic E-state index is 13.3. The van der Waals surface area contributed by atoms with Crippen LogP contribution in [0.2, 0.25) is 5.15 Å². The number of rotatable bonds is 7. The average molecular weight is 415 g/mol. The summed E-state index contributed by atoms with van der Waals surface area (Å²) in [6, 6.07) is 9.61. The summed E-state index contributed by atoms with van der Waals surface area (Å²) in [5.74, 6) is 0.762. The molecule has 0 aliphatic heterocycles. The minimum atomic E-state index is -0.405. The van der Waals surface area contributed by atoms with Crippen LogP contribution in [0, 0.1) is 5.92 Å². The first-order valence-electron chi connectivity index (χ1n) is 9.65. The molecule has 1 atom stereocenters. The first-order valence-corrected chi connectivity index (χ1v) is 10.0. The van der Waals surface area contributed by atoms with E-state index in [9.17, 15) is 4.79 Å². The van der Waals surface area contributed by atoms with Crippen molar-refractivity contribution in [2.45, 2.75) is 45.8 Å². The third kappa shape index (κ3) is 5.18. The second-order valence-corrected chi connectivity index (χ2v) is 8.69. The van der Waals surface area contributed by atoms with Gasteiger partial charge in [-0.3, -0.25) is 9.36 Å². The van der Waals surface area contributed by atoms with Crippen molar-refractivity contribution in [1.82, 2.24) is 24.8 Å². The van der Waals surface area contributed by atoms with Crippen LogP contribution >= 0.6 is 11.6 Å². The number of aromatic nitrogens is 4. The Morgan fingerprint density at radius 2 is 1.90 bits per heavy atom. The lowest BCUT2D eigenvalue weighted by Crippen LogP contribution is -2.46. The maximum Gasteiger partial charge on any atom is 0.282 e. The van der Waals surface area contributed by atoms with Crippen LogP contribution in [0.3, 0.4) is 0 Å². The fourth-order valence-electron chi connectivity index (χ4n) is 3.14. The number of nitrogens with two attached hydrogens (primary N) is 1. The van der Waals surface area contributed by atoms with Crippen LogP contribution < -0.4 is 16.6 Å². The highest BCUT2D eigenvalue weighted by molar-refractivity contribution is 6.29. The molecule has 0 aliphatic rings. The number of nitrogens with zero attached hydrogens (tertiary/aromatic N) is 4. The molecule has 3 aromatic rings. The standard InChI is InChI=1S/C21H27ClN6O/c1-13(2)16(25-12-21(3,4)23)19-27-18-17(24-10-15(22)26-18)20(29)28(19)11-14-8-6-5-7-9-14/h5-10,13,16,25H,11-12,23H2,1-4H3. The highest BCUT2D eigenvalue weighted by Crippen LogP contribution is 2.22. The van der Waals surface area contributed by atoms with Crippen LogP contribution in [0.1, 0.15) is 45.1 Å². The summed E-state index contributed by atoms with van der Waals surface area (Å²) >= 11 is 6.00. The van der Waals surface area contributed by atoms with Crippen LogP contribution in [0.25, 0.3) is 11.2 Å². The molecule has 8 heteroatoms. The number of hydrogen-bond acceptors (Lipinski definition) is 6. The summed E-state index contributed by atoms with van der Waals surface area (Å²) in [5.41, 5.74) is 6.99. The van der Waals surface area contributed by atoms with E-state index in [2.05, 4.69) is 29.1 Å². The predicted molar refractivity (Wildman–Crippen MR) is 116 cm³/mol. The van der Waals surface area contributed by atoms with E-state index < -0.39 is 5.54 Å². The Morgan fingerprint density at radius 3 is 2.52 bits per heavy atom. The number of hydrogen-bond donors (Lipinski definition) is 2. The highest BCUT2D eigenvalue weighted by atomic mass is 35.5. The van der Waals surface area contributed by atoms with Gasteiger partial charge in [-0.25, -0.2) is 15.0 Å². The molecule has 0 saturated heterocycles. The van der Waals surface area contributed by atoms with E-state index in [0.29, 0.717) is 18.9 Å². The number of nitrogens with one attached hydrogen (secondary N) is 1. The van der Waals surface area contributed by atoms with E-state index in [0.717, 1.165) is 5.56 Å². The van der Waals surface area contributed by atoms with Crippen LogP contribution in [0.4, 0.5) is 0 Å². The summed E-state index contributed by atoms with van der Waals surface area (Å²) in [4.78, 5) is 26.4. The molecular formula is C21H27ClN6O. The molecule has 0 aliphatic carbocycles. The molecule has 29 heavy (non-hydrogen) atoms. The van der Waals surface area contributed by atoms with Gasteiger partial charge >= 0.3 is 0 Å². The van der Waals surface area contributed by atoms with Gasteiger partial charge in [-0.15, -0.1) is 0 Å². The summed E-state index contributed by atoms with van der Waals surface area (Å²) in [7, 11) is 0. The van der Waals surface area contributed by atoms with Gasteiger partial charge < -0.3 is 11.1 Å². The van der Waals surface area contributed by atoms with Crippen LogP contribution in [0.5, 0.6) is 0 Å². The van der Waals surface area contributed by atoms with Gasteiger partial charge in [0.1, 0.15) is 11.0 Å². The van der Waals surface area contributed by atoms with E-state index in [1.807, 2.05) is 44.2 Å². The van der Waals surface area contributed by atoms with Crippen molar-refractivity contribution in [3.63, 3.8) is 0 Å². The third-order valence-electron chi connectivity index (χ3n) is 4.58. The van der Waals surface area contributed by atoms with Crippen molar-refractivity contribution >= 4 is 22.8 Å². The first-order chi connectivity index (χ1) is 13.7. The van der Waals surface area contributed by atoms with E-state index in [1.165, 1.54) is 6.20 Å². The van der Waals surface area contributed by atoms with Crippen molar-refractivity contribution in [2.75, 3.05) is 6.54 Å². The molecule has 2 heterocycles. The highest BCUT2D eigenvalue weighted by Gasteiger charge is 2.25. The zero-order chi connectivity index (χ0) is 21.2. The molecule has 3 rings (SSSR count). The largest absolute Gasteiger partial charge is 0.324 e. The van der Waals surface area contributed by atoms with Gasteiger partial charge in [0.2, 0.25) is 0 Å². The molecule has 0 bridgehead atoms. The second kappa shape index (κ2) is 8.57. The van der Waals surface area contributed by atoms with Gasteiger partial charge in [0, 0.05) is 12.1 Å². The van der Waals surface area contributed by atoms with Gasteiger partial charge in [-0.05, 0) is 25.3 Å². The van der Waals surface area contributed by atoms with Gasteiger partial charge in [0.25, 0.3) is 5.56 Å². The molecule has 2 aromatic heterocycles. The Labute approximate surface area is 175 Å². The number of halogens is 1. The molecule has 3 N–H and O–H groups in total. The van der Waals surface area contributed by atoms with E-state index in [-0.39, 0.29) is 33.8 Å². The lowest BCUT2D eigenvalue weighted by atomic mass is 10.0. The van der Waals surface area contributed by atoms with Gasteiger partial charge in [0.15, 0.2) is 11.2 Å². The summed E-state index contributed by atoms with van der Waals surface area (Å²) in [6.45, 7) is 9.01. The maximum atomic E-state index is 13.3. The van der Waals surface area contributed by atoms with Crippen molar-refractivity contribution in [3.8, 4) is 0 Å². The molecular weight excluding hydrogens is 388 g/mol. The molecule has 154 valence electrons. The fraction of sp³-hybridized carbons (Fsp3) is 0.429.